The fourth-order valence-electron chi connectivity index (χ4n) is 1.63. The van der Waals surface area contributed by atoms with E-state index in [4.69, 9.17) is 5.11 Å². The summed E-state index contributed by atoms with van der Waals surface area (Å²) >= 11 is 0. The Morgan fingerprint density at radius 2 is 1.84 bits per heavy atom. The maximum Gasteiger partial charge on any atom is 0.269 e. The lowest BCUT2D eigenvalue weighted by molar-refractivity contribution is -0.384. The van der Waals surface area contributed by atoms with Gasteiger partial charge in [-0.05, 0) is 17.7 Å². The first-order valence-corrected chi connectivity index (χ1v) is 7.30. The Balaban J connectivity index is 3.04. The second-order valence-electron chi connectivity index (χ2n) is 3.97. The van der Waals surface area contributed by atoms with Gasteiger partial charge < -0.3 is 10.2 Å². The zero-order valence-electron chi connectivity index (χ0n) is 10.3. The van der Waals surface area contributed by atoms with Crippen molar-refractivity contribution in [3.63, 3.8) is 0 Å². The highest BCUT2D eigenvalue weighted by molar-refractivity contribution is 7.92. The third-order valence-corrected chi connectivity index (χ3v) is 4.98. The van der Waals surface area contributed by atoms with Gasteiger partial charge in [-0.2, -0.15) is 0 Å². The Hall–Kier alpha value is -1.51. The van der Waals surface area contributed by atoms with E-state index in [-0.39, 0.29) is 17.0 Å². The summed E-state index contributed by atoms with van der Waals surface area (Å²) in [4.78, 5) is 9.89. The van der Waals surface area contributed by atoms with Gasteiger partial charge in [0.15, 0.2) is 9.84 Å². The fraction of sp³-hybridized carbons (Fsp3) is 0.455. The van der Waals surface area contributed by atoms with Gasteiger partial charge in [-0.3, -0.25) is 10.1 Å². The van der Waals surface area contributed by atoms with Crippen molar-refractivity contribution in [3.8, 4) is 0 Å². The molecule has 1 rings (SSSR count). The van der Waals surface area contributed by atoms with Crippen LogP contribution in [0.15, 0.2) is 24.3 Å². The van der Waals surface area contributed by atoms with Gasteiger partial charge in [0.1, 0.15) is 5.25 Å². The Morgan fingerprint density at radius 1 is 1.32 bits per heavy atom. The molecule has 106 valence electrons. The molecule has 0 aromatic heterocycles. The van der Waals surface area contributed by atoms with Gasteiger partial charge in [-0.15, -0.1) is 0 Å². The minimum absolute atomic E-state index is 0.158. The fourth-order valence-corrected chi connectivity index (χ4v) is 2.84. The summed E-state index contributed by atoms with van der Waals surface area (Å²) in [5.41, 5.74) is 0.0523. The molecule has 0 aliphatic rings. The summed E-state index contributed by atoms with van der Waals surface area (Å²) in [5, 5.41) is 28.2. The smallest absolute Gasteiger partial charge is 0.269 e. The molecule has 0 radical (unpaired) electrons. The highest BCUT2D eigenvalue weighted by Crippen LogP contribution is 2.24. The van der Waals surface area contributed by atoms with Gasteiger partial charge in [0.2, 0.25) is 0 Å². The van der Waals surface area contributed by atoms with Crippen LogP contribution in [0.1, 0.15) is 18.6 Å². The Morgan fingerprint density at radius 3 is 2.21 bits per heavy atom. The summed E-state index contributed by atoms with van der Waals surface area (Å²) < 4.78 is 23.4. The topological polar surface area (TPSA) is 118 Å². The summed E-state index contributed by atoms with van der Waals surface area (Å²) in [6.07, 6.45) is -1.42. The summed E-state index contributed by atoms with van der Waals surface area (Å²) in [5.74, 6) is -0.206. The van der Waals surface area contributed by atoms with Gasteiger partial charge in [-0.25, -0.2) is 8.42 Å². The van der Waals surface area contributed by atoms with Crippen molar-refractivity contribution in [2.45, 2.75) is 18.3 Å². The van der Waals surface area contributed by atoms with Crippen LogP contribution >= 0.6 is 0 Å². The molecule has 0 unspecified atom stereocenters. The maximum absolute atomic E-state index is 11.7. The van der Waals surface area contributed by atoms with Crippen LogP contribution < -0.4 is 0 Å². The van der Waals surface area contributed by atoms with Gasteiger partial charge in [0.25, 0.3) is 5.69 Å². The second-order valence-corrected chi connectivity index (χ2v) is 6.47. The normalized spacial score (nSPS) is 14.9. The van der Waals surface area contributed by atoms with E-state index in [1.54, 1.807) is 0 Å². The molecule has 1 aromatic rings. The molecule has 2 atom stereocenters. The largest absolute Gasteiger partial charge is 0.395 e. The quantitative estimate of drug-likeness (QED) is 0.579. The predicted octanol–water partition coefficient (Wildman–Crippen LogP) is 0.424. The molecule has 1 aromatic carbocycles. The monoisotopic (exact) mass is 289 g/mol. The van der Waals surface area contributed by atoms with E-state index in [1.807, 2.05) is 0 Å². The molecule has 0 aliphatic carbocycles. The molecule has 0 amide bonds. The molecule has 0 saturated carbocycles. The van der Waals surface area contributed by atoms with Crippen LogP contribution in [0.2, 0.25) is 0 Å². The molecule has 0 fully saturated rings. The number of sulfone groups is 1. The average Bonchev–Trinajstić information content (AvgIpc) is 2.39. The number of rotatable bonds is 6. The van der Waals surface area contributed by atoms with E-state index in [0.717, 1.165) is 0 Å². The average molecular weight is 289 g/mol. The van der Waals surface area contributed by atoms with Crippen LogP contribution in [0.3, 0.4) is 0 Å². The van der Waals surface area contributed by atoms with Crippen molar-refractivity contribution in [2.75, 3.05) is 12.4 Å². The number of nitro benzene ring substituents is 1. The van der Waals surface area contributed by atoms with E-state index in [0.29, 0.717) is 0 Å². The Kier molecular flexibility index (Phi) is 4.98. The molecule has 0 aliphatic heterocycles. The standard InChI is InChI=1S/C11H15NO6S/c1-2-19(17,18)10(7-13)11(14)8-3-5-9(6-4-8)12(15)16/h3-6,10-11,13-14H,2,7H2,1H3/t10-,11+/m1/s1. The second kappa shape index (κ2) is 6.09. The van der Waals surface area contributed by atoms with Crippen molar-refractivity contribution in [1.29, 1.82) is 0 Å². The molecular weight excluding hydrogens is 274 g/mol. The minimum Gasteiger partial charge on any atom is -0.395 e. The predicted molar refractivity (Wildman–Crippen MR) is 68.4 cm³/mol. The third-order valence-electron chi connectivity index (χ3n) is 2.84. The highest BCUT2D eigenvalue weighted by atomic mass is 32.2. The van der Waals surface area contributed by atoms with Gasteiger partial charge in [-0.1, -0.05) is 6.92 Å². The van der Waals surface area contributed by atoms with Crippen molar-refractivity contribution >= 4 is 15.5 Å². The lowest BCUT2D eigenvalue weighted by Gasteiger charge is -2.20. The van der Waals surface area contributed by atoms with Gasteiger partial charge >= 0.3 is 0 Å². The first-order valence-electron chi connectivity index (χ1n) is 5.58. The molecule has 0 spiro atoms. The van der Waals surface area contributed by atoms with Crippen LogP contribution in [-0.2, 0) is 9.84 Å². The van der Waals surface area contributed by atoms with Crippen molar-refractivity contribution < 1.29 is 23.6 Å². The molecule has 2 N–H and O–H groups in total. The molecule has 0 saturated heterocycles. The first kappa shape index (κ1) is 15.5. The molecule has 7 nitrogen and oxygen atoms in total. The number of aliphatic hydroxyl groups excluding tert-OH is 2. The van der Waals surface area contributed by atoms with Crippen LogP contribution in [0.4, 0.5) is 5.69 Å². The maximum atomic E-state index is 11.7. The highest BCUT2D eigenvalue weighted by Gasteiger charge is 2.31. The zero-order chi connectivity index (χ0) is 14.6. The molecule has 0 heterocycles. The number of hydrogen-bond donors (Lipinski definition) is 2. The molecule has 8 heteroatoms. The number of nitrogens with zero attached hydrogens (tertiary/aromatic N) is 1. The van der Waals surface area contributed by atoms with E-state index in [9.17, 15) is 23.6 Å². The number of aliphatic hydroxyl groups is 2. The Labute approximate surface area is 110 Å². The molecule has 19 heavy (non-hydrogen) atoms. The SMILES string of the molecule is CCS(=O)(=O)[C@H](CO)[C@@H](O)c1ccc([N+](=O)[O-])cc1. The van der Waals surface area contributed by atoms with Crippen LogP contribution in [0, 0.1) is 10.1 Å². The van der Waals surface area contributed by atoms with Crippen molar-refractivity contribution in [1.82, 2.24) is 0 Å². The van der Waals surface area contributed by atoms with Gasteiger partial charge in [0.05, 0.1) is 17.6 Å². The molecular formula is C11H15NO6S. The lowest BCUT2D eigenvalue weighted by atomic mass is 10.1. The zero-order valence-corrected chi connectivity index (χ0v) is 11.1. The summed E-state index contributed by atoms with van der Waals surface area (Å²) in [6.45, 7) is 0.703. The lowest BCUT2D eigenvalue weighted by Crippen LogP contribution is -2.33. The number of non-ortho nitro benzene ring substituents is 1. The number of nitro groups is 1. The number of benzene rings is 1. The molecule has 0 bridgehead atoms. The minimum atomic E-state index is -3.62. The third kappa shape index (κ3) is 3.49. The first-order chi connectivity index (χ1) is 8.83. The van der Waals surface area contributed by atoms with E-state index in [2.05, 4.69) is 0 Å². The van der Waals surface area contributed by atoms with E-state index >= 15 is 0 Å². The van der Waals surface area contributed by atoms with Crippen LogP contribution in [-0.4, -0.2) is 41.2 Å². The van der Waals surface area contributed by atoms with Crippen molar-refractivity contribution in [2.24, 2.45) is 0 Å². The van der Waals surface area contributed by atoms with Crippen LogP contribution in [0.5, 0.6) is 0 Å². The van der Waals surface area contributed by atoms with E-state index < -0.39 is 32.7 Å². The Bertz CT molecular complexity index is 539. The van der Waals surface area contributed by atoms with E-state index in [1.165, 1.54) is 31.2 Å². The summed E-state index contributed by atoms with van der Waals surface area (Å²) in [7, 11) is -3.62. The number of hydrogen-bond acceptors (Lipinski definition) is 6. The van der Waals surface area contributed by atoms with Crippen molar-refractivity contribution in [3.05, 3.63) is 39.9 Å². The summed E-state index contributed by atoms with van der Waals surface area (Å²) in [6, 6.07) is 4.89. The van der Waals surface area contributed by atoms with Gasteiger partial charge in [0, 0.05) is 17.9 Å². The van der Waals surface area contributed by atoms with Crippen LogP contribution in [0.25, 0.3) is 0 Å².